The smallest absolute Gasteiger partial charge is 0.312 e. The van der Waals surface area contributed by atoms with E-state index in [1.54, 1.807) is 6.07 Å². The molecule has 1 heterocycles. The average molecular weight is 321 g/mol. The van der Waals surface area contributed by atoms with Gasteiger partial charge in [-0.1, -0.05) is 0 Å². The first-order valence-electron chi connectivity index (χ1n) is 3.56. The van der Waals surface area contributed by atoms with Gasteiger partial charge in [0.15, 0.2) is 5.52 Å². The molecular weight excluding hydrogens is 318 g/mol. The topological polar surface area (TPSA) is 71.8 Å². The van der Waals surface area contributed by atoms with Crippen LogP contribution in [0, 0.1) is 10.1 Å². The molecule has 0 aliphatic rings. The molecule has 72 valence electrons. The van der Waals surface area contributed by atoms with Gasteiger partial charge in [-0.25, -0.2) is 4.98 Å². The summed E-state index contributed by atoms with van der Waals surface area (Å²) in [5, 5.41) is 10.8. The van der Waals surface area contributed by atoms with Crippen LogP contribution in [-0.2, 0) is 0 Å². The molecule has 0 atom stereocenters. The van der Waals surface area contributed by atoms with Gasteiger partial charge in [-0.3, -0.25) is 10.1 Å². The Kier molecular flexibility index (Phi) is 2.28. The van der Waals surface area contributed by atoms with E-state index in [0.29, 0.717) is 20.0 Å². The second kappa shape index (κ2) is 3.32. The monoisotopic (exact) mass is 319 g/mol. The molecular formula is C7H3Br2N3O2. The maximum absolute atomic E-state index is 10.8. The summed E-state index contributed by atoms with van der Waals surface area (Å²) in [7, 11) is 0. The highest BCUT2D eigenvalue weighted by Crippen LogP contribution is 2.37. The van der Waals surface area contributed by atoms with Crippen molar-refractivity contribution in [3.63, 3.8) is 0 Å². The van der Waals surface area contributed by atoms with Crippen LogP contribution >= 0.6 is 31.9 Å². The molecule has 0 aliphatic carbocycles. The van der Waals surface area contributed by atoms with Crippen molar-refractivity contribution in [3.8, 4) is 0 Å². The van der Waals surface area contributed by atoms with Gasteiger partial charge < -0.3 is 4.98 Å². The summed E-state index contributed by atoms with van der Waals surface area (Å²) in [6.07, 6.45) is 1.43. The number of hydrogen-bond donors (Lipinski definition) is 1. The lowest BCUT2D eigenvalue weighted by molar-refractivity contribution is -0.384. The molecule has 2 aromatic rings. The second-order valence-electron chi connectivity index (χ2n) is 2.58. The first-order chi connectivity index (χ1) is 6.61. The van der Waals surface area contributed by atoms with E-state index >= 15 is 0 Å². The number of aromatic nitrogens is 2. The van der Waals surface area contributed by atoms with E-state index in [4.69, 9.17) is 0 Å². The van der Waals surface area contributed by atoms with Crippen molar-refractivity contribution >= 4 is 48.6 Å². The Morgan fingerprint density at radius 3 is 2.86 bits per heavy atom. The summed E-state index contributed by atoms with van der Waals surface area (Å²) in [5.41, 5.74) is 0.951. The number of fused-ring (bicyclic) bond motifs is 1. The maximum Gasteiger partial charge on any atom is 0.312 e. The fraction of sp³-hybridized carbons (Fsp3) is 0. The Balaban J connectivity index is 2.93. The lowest BCUT2D eigenvalue weighted by Crippen LogP contribution is -1.91. The minimum absolute atomic E-state index is 0.0318. The zero-order valence-electron chi connectivity index (χ0n) is 6.62. The van der Waals surface area contributed by atoms with Crippen LogP contribution in [0.5, 0.6) is 0 Å². The molecule has 0 bridgehead atoms. The van der Waals surface area contributed by atoms with Gasteiger partial charge in [-0.05, 0) is 37.9 Å². The van der Waals surface area contributed by atoms with Crippen molar-refractivity contribution in [2.75, 3.05) is 0 Å². The van der Waals surface area contributed by atoms with Crippen molar-refractivity contribution in [1.82, 2.24) is 9.97 Å². The molecule has 0 fully saturated rings. The van der Waals surface area contributed by atoms with Crippen molar-refractivity contribution in [2.45, 2.75) is 0 Å². The van der Waals surface area contributed by atoms with Crippen molar-refractivity contribution in [2.24, 2.45) is 0 Å². The van der Waals surface area contributed by atoms with Gasteiger partial charge in [0.05, 0.1) is 16.8 Å². The molecule has 1 N–H and O–H groups in total. The van der Waals surface area contributed by atoms with E-state index in [2.05, 4.69) is 41.8 Å². The van der Waals surface area contributed by atoms with E-state index in [0.717, 1.165) is 0 Å². The third kappa shape index (κ3) is 1.32. The van der Waals surface area contributed by atoms with Gasteiger partial charge in [0, 0.05) is 4.47 Å². The Morgan fingerprint density at radius 1 is 1.50 bits per heavy atom. The number of nitrogens with zero attached hydrogens (tertiary/aromatic N) is 2. The van der Waals surface area contributed by atoms with Crippen molar-refractivity contribution < 1.29 is 4.92 Å². The standard InChI is InChI=1S/C7H3Br2N3O2/c8-3-1-4-6(11-2-10-4)7(5(3)9)12(13)14/h1-2H,(H,10,11). The van der Waals surface area contributed by atoms with Crippen LogP contribution in [0.4, 0.5) is 5.69 Å². The Morgan fingerprint density at radius 2 is 2.21 bits per heavy atom. The Bertz CT molecular complexity index is 523. The number of nitro benzene ring substituents is 1. The quantitative estimate of drug-likeness (QED) is 0.648. The Labute approximate surface area is 94.9 Å². The largest absolute Gasteiger partial charge is 0.344 e. The number of hydrogen-bond acceptors (Lipinski definition) is 3. The van der Waals surface area contributed by atoms with E-state index in [1.165, 1.54) is 6.33 Å². The third-order valence-corrected chi connectivity index (χ3v) is 3.72. The van der Waals surface area contributed by atoms with Crippen LogP contribution < -0.4 is 0 Å². The maximum atomic E-state index is 10.8. The number of rotatable bonds is 1. The first-order valence-corrected chi connectivity index (χ1v) is 5.15. The molecule has 7 heteroatoms. The fourth-order valence-corrected chi connectivity index (χ4v) is 2.04. The van der Waals surface area contributed by atoms with Crippen LogP contribution in [0.2, 0.25) is 0 Å². The Hall–Kier alpha value is -0.950. The number of H-pyrrole nitrogens is 1. The number of aromatic amines is 1. The molecule has 0 saturated carbocycles. The molecule has 0 amide bonds. The first kappa shape index (κ1) is 9.60. The highest BCUT2D eigenvalue weighted by atomic mass is 79.9. The van der Waals surface area contributed by atoms with Crippen LogP contribution in [-0.4, -0.2) is 14.9 Å². The summed E-state index contributed by atoms with van der Waals surface area (Å²) in [6, 6.07) is 1.74. The highest BCUT2D eigenvalue weighted by Gasteiger charge is 2.21. The van der Waals surface area contributed by atoms with E-state index < -0.39 is 4.92 Å². The van der Waals surface area contributed by atoms with Gasteiger partial charge >= 0.3 is 5.69 Å². The van der Waals surface area contributed by atoms with E-state index in [1.807, 2.05) is 0 Å². The normalized spacial score (nSPS) is 10.7. The summed E-state index contributed by atoms with van der Waals surface area (Å²) in [5.74, 6) is 0. The number of nitro groups is 1. The summed E-state index contributed by atoms with van der Waals surface area (Å²) < 4.78 is 1.03. The number of benzene rings is 1. The lowest BCUT2D eigenvalue weighted by atomic mass is 10.3. The highest BCUT2D eigenvalue weighted by molar-refractivity contribution is 9.13. The molecule has 0 radical (unpaired) electrons. The van der Waals surface area contributed by atoms with Crippen LogP contribution in [0.3, 0.4) is 0 Å². The predicted octanol–water partition coefficient (Wildman–Crippen LogP) is 3.00. The van der Waals surface area contributed by atoms with Gasteiger partial charge in [-0.2, -0.15) is 0 Å². The average Bonchev–Trinajstić information content (AvgIpc) is 2.52. The van der Waals surface area contributed by atoms with Crippen LogP contribution in [0.25, 0.3) is 11.0 Å². The summed E-state index contributed by atoms with van der Waals surface area (Å²) in [4.78, 5) is 17.0. The summed E-state index contributed by atoms with van der Waals surface area (Å²) >= 11 is 6.37. The molecule has 1 aromatic carbocycles. The molecule has 5 nitrogen and oxygen atoms in total. The molecule has 2 rings (SSSR count). The van der Waals surface area contributed by atoms with Gasteiger partial charge in [0.25, 0.3) is 0 Å². The van der Waals surface area contributed by atoms with Crippen LogP contribution in [0.15, 0.2) is 21.3 Å². The molecule has 0 aliphatic heterocycles. The van der Waals surface area contributed by atoms with Gasteiger partial charge in [0.1, 0.15) is 4.47 Å². The van der Waals surface area contributed by atoms with E-state index in [-0.39, 0.29) is 5.69 Å². The minimum Gasteiger partial charge on any atom is -0.344 e. The predicted molar refractivity (Wildman–Crippen MR) is 58.1 cm³/mol. The second-order valence-corrected chi connectivity index (χ2v) is 4.22. The minimum atomic E-state index is -0.460. The number of imidazole rings is 1. The van der Waals surface area contributed by atoms with Crippen LogP contribution in [0.1, 0.15) is 0 Å². The zero-order chi connectivity index (χ0) is 10.3. The number of nitrogens with one attached hydrogen (secondary N) is 1. The molecule has 0 saturated heterocycles. The fourth-order valence-electron chi connectivity index (χ4n) is 1.18. The molecule has 0 spiro atoms. The SMILES string of the molecule is O=[N+]([O-])c1c(Br)c(Br)cc2[nH]cnc12. The van der Waals surface area contributed by atoms with Crippen molar-refractivity contribution in [3.05, 3.63) is 31.5 Å². The van der Waals surface area contributed by atoms with Gasteiger partial charge in [-0.15, -0.1) is 0 Å². The van der Waals surface area contributed by atoms with Gasteiger partial charge in [0.2, 0.25) is 0 Å². The molecule has 0 unspecified atom stereocenters. The molecule has 14 heavy (non-hydrogen) atoms. The van der Waals surface area contributed by atoms with Crippen molar-refractivity contribution in [1.29, 1.82) is 0 Å². The lowest BCUT2D eigenvalue weighted by Gasteiger charge is -1.98. The molecule has 1 aromatic heterocycles. The zero-order valence-corrected chi connectivity index (χ0v) is 9.79. The summed E-state index contributed by atoms with van der Waals surface area (Å²) in [6.45, 7) is 0. The number of halogens is 2. The van der Waals surface area contributed by atoms with E-state index in [9.17, 15) is 10.1 Å². The third-order valence-electron chi connectivity index (χ3n) is 1.76.